The number of nitrogens with zero attached hydrogens (tertiary/aromatic N) is 4. The van der Waals surface area contributed by atoms with E-state index in [4.69, 9.17) is 19.8 Å². The number of benzene rings is 1. The third kappa shape index (κ3) is 9.11. The van der Waals surface area contributed by atoms with Crippen molar-refractivity contribution in [3.8, 4) is 0 Å². The molecule has 1 fully saturated rings. The molecular weight excluding hydrogens is 604 g/mol. The van der Waals surface area contributed by atoms with Gasteiger partial charge in [-0.2, -0.15) is 26.3 Å². The van der Waals surface area contributed by atoms with Crippen molar-refractivity contribution >= 4 is 34.1 Å². The molecule has 4 N–H and O–H groups in total. The van der Waals surface area contributed by atoms with Crippen LogP contribution in [0.2, 0.25) is 0 Å². The van der Waals surface area contributed by atoms with Crippen molar-refractivity contribution in [2.45, 2.75) is 38.0 Å². The normalized spacial score (nSPS) is 15.2. The molecule has 236 valence electrons. The van der Waals surface area contributed by atoms with Gasteiger partial charge in [0, 0.05) is 30.9 Å². The number of aromatic nitrogens is 3. The van der Waals surface area contributed by atoms with Gasteiger partial charge in [0.05, 0.1) is 30.4 Å². The van der Waals surface area contributed by atoms with Crippen molar-refractivity contribution < 1.29 is 56.0 Å². The fourth-order valence-electron chi connectivity index (χ4n) is 4.11. The van der Waals surface area contributed by atoms with Crippen LogP contribution in [0.3, 0.4) is 0 Å². The lowest BCUT2D eigenvalue weighted by atomic mass is 10.1. The molecule has 1 atom stereocenters. The van der Waals surface area contributed by atoms with Gasteiger partial charge in [-0.3, -0.25) is 14.7 Å². The van der Waals surface area contributed by atoms with Crippen molar-refractivity contribution in [3.63, 3.8) is 0 Å². The van der Waals surface area contributed by atoms with Gasteiger partial charge in [0.1, 0.15) is 5.82 Å². The number of hydrogen-bond acceptors (Lipinski definition) is 7. The second kappa shape index (κ2) is 14.1. The SMILES string of the molecule is O=C(NCc1nccc2ccccc12)c1nc(CN2CCC(O)C2)n2ccccc12.O=C(O)C(F)(F)F.O=C(O)C(F)(F)F. The molecule has 1 saturated heterocycles. The first kappa shape index (κ1) is 33.7. The van der Waals surface area contributed by atoms with E-state index in [9.17, 15) is 36.2 Å². The van der Waals surface area contributed by atoms with Gasteiger partial charge in [0.2, 0.25) is 0 Å². The number of fused-ring (bicyclic) bond motifs is 2. The van der Waals surface area contributed by atoms with Gasteiger partial charge < -0.3 is 25.0 Å². The summed E-state index contributed by atoms with van der Waals surface area (Å²) in [5, 5.41) is 29.2. The number of aliphatic hydroxyl groups is 1. The van der Waals surface area contributed by atoms with Crippen LogP contribution in [0.1, 0.15) is 28.4 Å². The van der Waals surface area contributed by atoms with Crippen molar-refractivity contribution in [2.24, 2.45) is 0 Å². The Morgan fingerprint density at radius 1 is 0.932 bits per heavy atom. The zero-order valence-corrected chi connectivity index (χ0v) is 22.5. The second-order valence-electron chi connectivity index (χ2n) is 9.28. The van der Waals surface area contributed by atoms with Crippen molar-refractivity contribution in [2.75, 3.05) is 13.1 Å². The van der Waals surface area contributed by atoms with Crippen molar-refractivity contribution in [1.29, 1.82) is 0 Å². The molecule has 0 aliphatic carbocycles. The summed E-state index contributed by atoms with van der Waals surface area (Å²) >= 11 is 0. The number of amides is 1. The van der Waals surface area contributed by atoms with Crippen LogP contribution in [-0.4, -0.2) is 84.0 Å². The molecule has 0 bridgehead atoms. The van der Waals surface area contributed by atoms with E-state index in [-0.39, 0.29) is 12.0 Å². The van der Waals surface area contributed by atoms with Gasteiger partial charge >= 0.3 is 24.3 Å². The summed E-state index contributed by atoms with van der Waals surface area (Å²) < 4.78 is 65.4. The molecule has 1 aliphatic heterocycles. The third-order valence-electron chi connectivity index (χ3n) is 6.11. The number of rotatable bonds is 5. The topological polar surface area (TPSA) is 157 Å². The minimum Gasteiger partial charge on any atom is -0.475 e. The van der Waals surface area contributed by atoms with E-state index in [1.807, 2.05) is 59.1 Å². The van der Waals surface area contributed by atoms with Crippen LogP contribution in [0.15, 0.2) is 60.9 Å². The number of imidazole rings is 1. The number of alkyl halides is 6. The highest BCUT2D eigenvalue weighted by Crippen LogP contribution is 2.19. The molecule has 0 saturated carbocycles. The Hall–Kier alpha value is -4.77. The monoisotopic (exact) mass is 629 g/mol. The van der Waals surface area contributed by atoms with Gasteiger partial charge in [-0.25, -0.2) is 14.6 Å². The molecule has 4 heterocycles. The molecule has 5 rings (SSSR count). The number of likely N-dealkylation sites (tertiary alicyclic amines) is 1. The molecule has 44 heavy (non-hydrogen) atoms. The fourth-order valence-corrected chi connectivity index (χ4v) is 4.11. The van der Waals surface area contributed by atoms with Gasteiger partial charge in [-0.1, -0.05) is 30.3 Å². The van der Waals surface area contributed by atoms with Crippen LogP contribution in [0, 0.1) is 0 Å². The summed E-state index contributed by atoms with van der Waals surface area (Å²) in [6.07, 6.45) is -5.99. The maximum atomic E-state index is 13.0. The molecule has 1 unspecified atom stereocenters. The average molecular weight is 630 g/mol. The zero-order chi connectivity index (χ0) is 32.7. The molecular formula is C27H25F6N5O6. The predicted molar refractivity (Wildman–Crippen MR) is 141 cm³/mol. The number of carbonyl (C=O) groups is 3. The molecule has 3 aromatic heterocycles. The number of nitrogens with one attached hydrogen (secondary N) is 1. The van der Waals surface area contributed by atoms with E-state index >= 15 is 0 Å². The smallest absolute Gasteiger partial charge is 0.475 e. The minimum atomic E-state index is -5.08. The predicted octanol–water partition coefficient (Wildman–Crippen LogP) is 3.65. The number of halogens is 6. The molecule has 0 spiro atoms. The first-order valence-corrected chi connectivity index (χ1v) is 12.6. The molecule has 17 heteroatoms. The second-order valence-corrected chi connectivity index (χ2v) is 9.28. The van der Waals surface area contributed by atoms with E-state index in [2.05, 4.69) is 20.2 Å². The molecule has 4 aromatic rings. The Morgan fingerprint density at radius 3 is 2.14 bits per heavy atom. The molecule has 0 radical (unpaired) electrons. The van der Waals surface area contributed by atoms with Crippen LogP contribution in [0.25, 0.3) is 16.3 Å². The summed E-state index contributed by atoms with van der Waals surface area (Å²) in [7, 11) is 0. The summed E-state index contributed by atoms with van der Waals surface area (Å²) in [4.78, 5) is 42.1. The quantitative estimate of drug-likeness (QED) is 0.242. The summed E-state index contributed by atoms with van der Waals surface area (Å²) in [5.74, 6) is -4.94. The number of carboxylic acid groups (broad SMARTS) is 2. The number of β-amino-alcohol motifs (C(OH)–C–C–N with tert-alkyl or cyclic N) is 1. The number of carboxylic acids is 2. The van der Waals surface area contributed by atoms with E-state index in [0.29, 0.717) is 25.3 Å². The Labute approximate surface area is 244 Å². The fraction of sp³-hybridized carbons (Fsp3) is 0.296. The Bertz CT molecular complexity index is 1600. The molecule has 1 amide bonds. The maximum absolute atomic E-state index is 13.0. The maximum Gasteiger partial charge on any atom is 0.490 e. The lowest BCUT2D eigenvalue weighted by Gasteiger charge is -2.13. The largest absolute Gasteiger partial charge is 0.490 e. The van der Waals surface area contributed by atoms with Crippen LogP contribution < -0.4 is 5.32 Å². The number of aliphatic hydroxyl groups excluding tert-OH is 1. The van der Waals surface area contributed by atoms with E-state index in [1.165, 1.54) is 0 Å². The highest BCUT2D eigenvalue weighted by Gasteiger charge is 2.38. The van der Waals surface area contributed by atoms with Gasteiger partial charge in [-0.05, 0) is 30.0 Å². The van der Waals surface area contributed by atoms with E-state index in [1.54, 1.807) is 6.20 Å². The van der Waals surface area contributed by atoms with Crippen LogP contribution in [0.5, 0.6) is 0 Å². The Balaban J connectivity index is 0.000000317. The average Bonchev–Trinajstić information content (AvgIpc) is 3.54. The lowest BCUT2D eigenvalue weighted by Crippen LogP contribution is -2.24. The highest BCUT2D eigenvalue weighted by atomic mass is 19.4. The number of pyridine rings is 2. The summed E-state index contributed by atoms with van der Waals surface area (Å²) in [6, 6.07) is 15.7. The third-order valence-corrected chi connectivity index (χ3v) is 6.11. The number of hydrogen-bond donors (Lipinski definition) is 4. The number of carbonyl (C=O) groups excluding carboxylic acids is 1. The van der Waals surface area contributed by atoms with E-state index < -0.39 is 24.3 Å². The standard InChI is InChI=1S/C23H23N5O2.2C2HF3O2/c29-17-9-12-27(14-17)15-21-26-22(20-7-3-4-11-28(20)21)23(30)25-13-19-18-6-2-1-5-16(18)8-10-24-19;2*3-2(4,5)1(6)7/h1-8,10-11,17,29H,9,12-15H2,(H,25,30);2*(H,6,7). The van der Waals surface area contributed by atoms with Gasteiger partial charge in [0.15, 0.2) is 5.69 Å². The van der Waals surface area contributed by atoms with Gasteiger partial charge in [0.25, 0.3) is 5.91 Å². The zero-order valence-electron chi connectivity index (χ0n) is 22.5. The molecule has 1 aromatic carbocycles. The van der Waals surface area contributed by atoms with Crippen LogP contribution in [-0.2, 0) is 22.7 Å². The number of aliphatic carboxylic acids is 2. The molecule has 1 aliphatic rings. The summed E-state index contributed by atoms with van der Waals surface area (Å²) in [5.41, 5.74) is 2.01. The van der Waals surface area contributed by atoms with Crippen molar-refractivity contribution in [1.82, 2.24) is 24.6 Å². The Kier molecular flexibility index (Phi) is 10.8. The van der Waals surface area contributed by atoms with Gasteiger partial charge in [-0.15, -0.1) is 0 Å². The first-order chi connectivity index (χ1) is 20.6. The van der Waals surface area contributed by atoms with Crippen LogP contribution in [0.4, 0.5) is 26.3 Å². The highest BCUT2D eigenvalue weighted by molar-refractivity contribution is 5.99. The molecule has 11 nitrogen and oxygen atoms in total. The first-order valence-electron chi connectivity index (χ1n) is 12.6. The van der Waals surface area contributed by atoms with Crippen molar-refractivity contribution in [3.05, 3.63) is 78.1 Å². The lowest BCUT2D eigenvalue weighted by molar-refractivity contribution is -0.193. The minimum absolute atomic E-state index is 0.221. The van der Waals surface area contributed by atoms with Crippen LogP contribution >= 0.6 is 0 Å². The Morgan fingerprint density at radius 2 is 1.55 bits per heavy atom. The van der Waals surface area contributed by atoms with E-state index in [0.717, 1.165) is 40.8 Å². The summed E-state index contributed by atoms with van der Waals surface area (Å²) in [6.45, 7) is 2.40.